The summed E-state index contributed by atoms with van der Waals surface area (Å²) in [5.74, 6) is 1.27. The van der Waals surface area contributed by atoms with Crippen LogP contribution in [0.15, 0.2) is 18.6 Å². The summed E-state index contributed by atoms with van der Waals surface area (Å²) < 4.78 is 0. The van der Waals surface area contributed by atoms with Crippen LogP contribution >= 0.6 is 24.8 Å². The minimum absolute atomic E-state index is 0. The number of halogens is 2. The average Bonchev–Trinajstić information content (AvgIpc) is 2.57. The molecule has 8 heteroatoms. The Bertz CT molecular complexity index is 462. The monoisotopic (exact) mass is 361 g/mol. The Morgan fingerprint density at radius 2 is 2.00 bits per heavy atom. The standard InChI is InChI=1S/C15H23N5O.2ClH/c21-15(19-13-2-1-5-16-10-13)12-3-8-20(9-4-12)14-11-17-6-7-18-14;;/h6-7,11-13,16H,1-5,8-10H2,(H,19,21);2*1H. The van der Waals surface area contributed by atoms with Gasteiger partial charge in [0.05, 0.1) is 6.20 Å². The van der Waals surface area contributed by atoms with Crippen molar-refractivity contribution in [2.24, 2.45) is 5.92 Å². The summed E-state index contributed by atoms with van der Waals surface area (Å²) in [5, 5.41) is 6.53. The zero-order valence-electron chi connectivity index (χ0n) is 13.1. The van der Waals surface area contributed by atoms with Crippen LogP contribution in [0.4, 0.5) is 5.82 Å². The van der Waals surface area contributed by atoms with Crippen LogP contribution < -0.4 is 15.5 Å². The van der Waals surface area contributed by atoms with Gasteiger partial charge in [0.25, 0.3) is 0 Å². The van der Waals surface area contributed by atoms with Crippen LogP contribution in [0.3, 0.4) is 0 Å². The number of piperidine rings is 2. The molecular weight excluding hydrogens is 337 g/mol. The third-order valence-corrected chi connectivity index (χ3v) is 4.38. The minimum Gasteiger partial charge on any atom is -0.355 e. The van der Waals surface area contributed by atoms with Crippen LogP contribution in [0.5, 0.6) is 0 Å². The minimum atomic E-state index is 0. The van der Waals surface area contributed by atoms with Crippen LogP contribution in [0, 0.1) is 5.92 Å². The summed E-state index contributed by atoms with van der Waals surface area (Å²) >= 11 is 0. The molecule has 2 saturated heterocycles. The fourth-order valence-corrected chi connectivity index (χ4v) is 3.12. The van der Waals surface area contributed by atoms with Crippen LogP contribution in [-0.2, 0) is 4.79 Å². The van der Waals surface area contributed by atoms with Gasteiger partial charge in [0, 0.05) is 44.0 Å². The van der Waals surface area contributed by atoms with Gasteiger partial charge < -0.3 is 15.5 Å². The number of carbonyl (C=O) groups is 1. The molecule has 0 aromatic carbocycles. The van der Waals surface area contributed by atoms with E-state index in [0.29, 0.717) is 6.04 Å². The van der Waals surface area contributed by atoms with Crippen molar-refractivity contribution in [3.8, 4) is 0 Å². The van der Waals surface area contributed by atoms with Crippen molar-refractivity contribution >= 4 is 36.5 Å². The van der Waals surface area contributed by atoms with Crippen molar-refractivity contribution < 1.29 is 4.79 Å². The Morgan fingerprint density at radius 3 is 2.61 bits per heavy atom. The van der Waals surface area contributed by atoms with Crippen molar-refractivity contribution in [1.29, 1.82) is 0 Å². The summed E-state index contributed by atoms with van der Waals surface area (Å²) in [6.45, 7) is 3.73. The van der Waals surface area contributed by atoms with E-state index in [4.69, 9.17) is 0 Å². The average molecular weight is 362 g/mol. The van der Waals surface area contributed by atoms with Gasteiger partial charge in [-0.15, -0.1) is 24.8 Å². The van der Waals surface area contributed by atoms with E-state index in [1.54, 1.807) is 18.6 Å². The molecule has 0 aliphatic carbocycles. The highest BCUT2D eigenvalue weighted by Gasteiger charge is 2.27. The molecule has 6 nitrogen and oxygen atoms in total. The van der Waals surface area contributed by atoms with E-state index in [9.17, 15) is 4.79 Å². The second kappa shape index (κ2) is 9.90. The zero-order chi connectivity index (χ0) is 14.5. The maximum absolute atomic E-state index is 12.3. The van der Waals surface area contributed by atoms with Crippen molar-refractivity contribution in [3.05, 3.63) is 18.6 Å². The van der Waals surface area contributed by atoms with E-state index in [0.717, 1.165) is 57.7 Å². The van der Waals surface area contributed by atoms with Crippen molar-refractivity contribution in [3.63, 3.8) is 0 Å². The second-order valence-electron chi connectivity index (χ2n) is 5.88. The number of nitrogens with one attached hydrogen (secondary N) is 2. The topological polar surface area (TPSA) is 70.2 Å². The molecular formula is C15H25Cl2N5O. The highest BCUT2D eigenvalue weighted by molar-refractivity contribution is 5.85. The smallest absolute Gasteiger partial charge is 0.223 e. The van der Waals surface area contributed by atoms with Crippen LogP contribution in [-0.4, -0.2) is 48.1 Å². The molecule has 2 N–H and O–H groups in total. The van der Waals surface area contributed by atoms with Crippen LogP contribution in [0.2, 0.25) is 0 Å². The van der Waals surface area contributed by atoms with E-state index in [2.05, 4.69) is 25.5 Å². The van der Waals surface area contributed by atoms with E-state index >= 15 is 0 Å². The lowest BCUT2D eigenvalue weighted by molar-refractivity contribution is -0.126. The van der Waals surface area contributed by atoms with Gasteiger partial charge >= 0.3 is 0 Å². The van der Waals surface area contributed by atoms with Crippen molar-refractivity contribution in [2.75, 3.05) is 31.1 Å². The molecule has 3 heterocycles. The Labute approximate surface area is 149 Å². The third-order valence-electron chi connectivity index (χ3n) is 4.38. The molecule has 130 valence electrons. The van der Waals surface area contributed by atoms with Crippen molar-refractivity contribution in [2.45, 2.75) is 31.7 Å². The molecule has 2 aliphatic heterocycles. The Balaban J connectivity index is 0.00000132. The van der Waals surface area contributed by atoms with E-state index in [1.165, 1.54) is 0 Å². The summed E-state index contributed by atoms with van der Waals surface area (Å²) in [7, 11) is 0. The number of hydrogen-bond donors (Lipinski definition) is 2. The molecule has 0 saturated carbocycles. The molecule has 0 spiro atoms. The number of aromatic nitrogens is 2. The highest BCUT2D eigenvalue weighted by Crippen LogP contribution is 2.21. The first-order valence-corrected chi connectivity index (χ1v) is 7.85. The SMILES string of the molecule is Cl.Cl.O=C(NC1CCCNC1)C1CCN(c2cnccn2)CC1. The Morgan fingerprint density at radius 1 is 1.22 bits per heavy atom. The summed E-state index contributed by atoms with van der Waals surface area (Å²) in [6, 6.07) is 0.310. The molecule has 1 unspecified atom stereocenters. The number of anilines is 1. The van der Waals surface area contributed by atoms with Gasteiger partial charge in [0.1, 0.15) is 5.82 Å². The third kappa shape index (κ3) is 5.48. The van der Waals surface area contributed by atoms with Gasteiger partial charge in [-0.3, -0.25) is 9.78 Å². The molecule has 2 aliphatic rings. The van der Waals surface area contributed by atoms with Gasteiger partial charge in [0.15, 0.2) is 0 Å². The molecule has 1 amide bonds. The first-order valence-electron chi connectivity index (χ1n) is 7.85. The van der Waals surface area contributed by atoms with Crippen LogP contribution in [0.25, 0.3) is 0 Å². The highest BCUT2D eigenvalue weighted by atomic mass is 35.5. The van der Waals surface area contributed by atoms with Gasteiger partial charge in [-0.1, -0.05) is 0 Å². The van der Waals surface area contributed by atoms with E-state index < -0.39 is 0 Å². The number of amides is 1. The fourth-order valence-electron chi connectivity index (χ4n) is 3.12. The summed E-state index contributed by atoms with van der Waals surface area (Å²) in [6.07, 6.45) is 9.21. The quantitative estimate of drug-likeness (QED) is 0.851. The maximum Gasteiger partial charge on any atom is 0.223 e. The summed E-state index contributed by atoms with van der Waals surface area (Å²) in [5.41, 5.74) is 0. The molecule has 2 fully saturated rings. The predicted molar refractivity (Wildman–Crippen MR) is 95.5 cm³/mol. The van der Waals surface area contributed by atoms with E-state index in [1.807, 2.05) is 0 Å². The molecule has 0 bridgehead atoms. The first-order chi connectivity index (χ1) is 10.3. The lowest BCUT2D eigenvalue weighted by Gasteiger charge is -2.33. The first kappa shape index (κ1) is 19.9. The number of carbonyl (C=O) groups excluding carboxylic acids is 1. The molecule has 1 aromatic rings. The summed E-state index contributed by atoms with van der Waals surface area (Å²) in [4.78, 5) is 23.0. The molecule has 0 radical (unpaired) electrons. The lowest BCUT2D eigenvalue weighted by atomic mass is 9.95. The zero-order valence-corrected chi connectivity index (χ0v) is 14.7. The lowest BCUT2D eigenvalue weighted by Crippen LogP contribution is -2.49. The second-order valence-corrected chi connectivity index (χ2v) is 5.88. The molecule has 1 aromatic heterocycles. The van der Waals surface area contributed by atoms with Gasteiger partial charge in [0.2, 0.25) is 5.91 Å². The van der Waals surface area contributed by atoms with Gasteiger partial charge in [-0.2, -0.15) is 0 Å². The Kier molecular flexibility index (Phi) is 8.58. The van der Waals surface area contributed by atoms with Gasteiger partial charge in [-0.05, 0) is 32.2 Å². The van der Waals surface area contributed by atoms with Crippen LogP contribution in [0.1, 0.15) is 25.7 Å². The normalized spacial score (nSPS) is 21.7. The Hall–Kier alpha value is -1.11. The van der Waals surface area contributed by atoms with Crippen molar-refractivity contribution in [1.82, 2.24) is 20.6 Å². The molecule has 23 heavy (non-hydrogen) atoms. The number of nitrogens with zero attached hydrogens (tertiary/aromatic N) is 3. The van der Waals surface area contributed by atoms with Gasteiger partial charge in [-0.25, -0.2) is 4.98 Å². The maximum atomic E-state index is 12.3. The number of hydrogen-bond acceptors (Lipinski definition) is 5. The largest absolute Gasteiger partial charge is 0.355 e. The predicted octanol–water partition coefficient (Wildman–Crippen LogP) is 1.40. The van der Waals surface area contributed by atoms with E-state index in [-0.39, 0.29) is 36.6 Å². The fraction of sp³-hybridized carbons (Fsp3) is 0.667. The molecule has 1 atom stereocenters. The molecule has 3 rings (SSSR count). The number of rotatable bonds is 3.